The molecule has 5 nitrogen and oxygen atoms in total. The van der Waals surface area contributed by atoms with Crippen LogP contribution in [0.1, 0.15) is 22.7 Å². The molecule has 0 spiro atoms. The smallest absolute Gasteiger partial charge is 0.368 e. The van der Waals surface area contributed by atoms with Crippen LogP contribution in [-0.2, 0) is 27.5 Å². The minimum atomic E-state index is -4.72. The molecule has 0 aliphatic carbocycles. The SMILES string of the molecule is NC(=O)C(c1ccccc1)N(Cc1ccccc1C(F)(F)F)S(=O)(=O)c1ccc(Cl)cc1. The zero-order valence-electron chi connectivity index (χ0n) is 16.5. The maximum Gasteiger partial charge on any atom is 0.416 e. The highest BCUT2D eigenvalue weighted by atomic mass is 35.5. The minimum Gasteiger partial charge on any atom is -0.368 e. The molecule has 0 saturated heterocycles. The first-order valence-electron chi connectivity index (χ1n) is 9.28. The molecule has 1 amide bonds. The molecule has 0 aliphatic heterocycles. The number of halogens is 4. The van der Waals surface area contributed by atoms with Crippen molar-refractivity contribution in [3.63, 3.8) is 0 Å². The lowest BCUT2D eigenvalue weighted by Gasteiger charge is -2.30. The third-order valence-electron chi connectivity index (χ3n) is 4.74. The molecule has 0 radical (unpaired) electrons. The van der Waals surface area contributed by atoms with E-state index in [-0.39, 0.29) is 21.0 Å². The summed E-state index contributed by atoms with van der Waals surface area (Å²) in [6, 6.07) is 15.9. The summed E-state index contributed by atoms with van der Waals surface area (Å²) in [5, 5.41) is 0.271. The topological polar surface area (TPSA) is 80.5 Å². The van der Waals surface area contributed by atoms with Gasteiger partial charge >= 0.3 is 6.18 Å². The van der Waals surface area contributed by atoms with E-state index >= 15 is 0 Å². The number of sulfonamides is 1. The fourth-order valence-corrected chi connectivity index (χ4v) is 4.96. The molecular weight excluding hydrogens is 465 g/mol. The molecule has 1 atom stereocenters. The van der Waals surface area contributed by atoms with Crippen molar-refractivity contribution in [2.75, 3.05) is 0 Å². The van der Waals surface area contributed by atoms with Gasteiger partial charge in [0.2, 0.25) is 15.9 Å². The van der Waals surface area contributed by atoms with E-state index < -0.39 is 40.3 Å². The van der Waals surface area contributed by atoms with E-state index in [2.05, 4.69) is 0 Å². The number of nitrogens with two attached hydrogens (primary N) is 1. The molecule has 10 heteroatoms. The molecule has 3 rings (SSSR count). The predicted molar refractivity (Wildman–Crippen MR) is 114 cm³/mol. The van der Waals surface area contributed by atoms with Crippen molar-refractivity contribution in [2.45, 2.75) is 23.7 Å². The van der Waals surface area contributed by atoms with Crippen molar-refractivity contribution in [1.82, 2.24) is 4.31 Å². The summed E-state index contributed by atoms with van der Waals surface area (Å²) in [6.45, 7) is -0.733. The summed E-state index contributed by atoms with van der Waals surface area (Å²) < 4.78 is 68.4. The largest absolute Gasteiger partial charge is 0.416 e. The third kappa shape index (κ3) is 5.12. The van der Waals surface area contributed by atoms with E-state index in [4.69, 9.17) is 17.3 Å². The van der Waals surface area contributed by atoms with Gasteiger partial charge in [-0.25, -0.2) is 8.42 Å². The highest BCUT2D eigenvalue weighted by molar-refractivity contribution is 7.89. The fourth-order valence-electron chi connectivity index (χ4n) is 3.27. The number of hydrogen-bond donors (Lipinski definition) is 1. The maximum atomic E-state index is 13.6. The van der Waals surface area contributed by atoms with Crippen LogP contribution in [0.2, 0.25) is 5.02 Å². The Bertz CT molecular complexity index is 1200. The average molecular weight is 483 g/mol. The van der Waals surface area contributed by atoms with Crippen LogP contribution in [-0.4, -0.2) is 18.6 Å². The van der Waals surface area contributed by atoms with Gasteiger partial charge in [0.25, 0.3) is 0 Å². The number of carbonyl (C=O) groups excluding carboxylic acids is 1. The first-order valence-corrected chi connectivity index (χ1v) is 11.1. The Labute approximate surface area is 188 Å². The van der Waals surface area contributed by atoms with E-state index in [9.17, 15) is 26.4 Å². The predicted octanol–water partition coefficient (Wildman–Crippen LogP) is 4.78. The Morgan fingerprint density at radius 3 is 2.06 bits per heavy atom. The van der Waals surface area contributed by atoms with E-state index in [1.54, 1.807) is 18.2 Å². The summed E-state index contributed by atoms with van der Waals surface area (Å²) in [5.74, 6) is -1.03. The van der Waals surface area contributed by atoms with Crippen LogP contribution in [0.15, 0.2) is 83.8 Å². The highest BCUT2D eigenvalue weighted by Crippen LogP contribution is 2.36. The maximum absolute atomic E-state index is 13.6. The van der Waals surface area contributed by atoms with Gasteiger partial charge in [-0.1, -0.05) is 60.1 Å². The second-order valence-electron chi connectivity index (χ2n) is 6.87. The summed E-state index contributed by atoms with van der Waals surface area (Å²) in [5.41, 5.74) is 4.46. The molecule has 3 aromatic rings. The van der Waals surface area contributed by atoms with Crippen molar-refractivity contribution in [3.05, 3.63) is 101 Å². The summed E-state index contributed by atoms with van der Waals surface area (Å²) in [4.78, 5) is 12.2. The number of benzene rings is 3. The number of nitrogens with zero attached hydrogens (tertiary/aromatic N) is 1. The number of amides is 1. The number of alkyl halides is 3. The minimum absolute atomic E-state index is 0.224. The molecule has 0 heterocycles. The molecule has 1 unspecified atom stereocenters. The quantitative estimate of drug-likeness (QED) is 0.526. The van der Waals surface area contributed by atoms with E-state index in [1.807, 2.05) is 0 Å². The third-order valence-corrected chi connectivity index (χ3v) is 6.82. The van der Waals surface area contributed by atoms with Gasteiger partial charge in [0.1, 0.15) is 6.04 Å². The molecule has 0 fully saturated rings. The van der Waals surface area contributed by atoms with E-state index in [1.165, 1.54) is 48.5 Å². The van der Waals surface area contributed by atoms with Crippen molar-refractivity contribution in [2.24, 2.45) is 5.73 Å². The Morgan fingerprint density at radius 2 is 1.50 bits per heavy atom. The molecule has 2 N–H and O–H groups in total. The van der Waals surface area contributed by atoms with E-state index in [0.29, 0.717) is 4.31 Å². The summed E-state index contributed by atoms with van der Waals surface area (Å²) in [7, 11) is -4.46. The second-order valence-corrected chi connectivity index (χ2v) is 9.20. The monoisotopic (exact) mass is 482 g/mol. The number of hydrogen-bond acceptors (Lipinski definition) is 3. The molecular formula is C22H18ClF3N2O3S. The second kappa shape index (κ2) is 9.32. The summed E-state index contributed by atoms with van der Waals surface area (Å²) >= 11 is 5.84. The number of primary amides is 1. The van der Waals surface area contributed by atoms with Crippen LogP contribution < -0.4 is 5.73 Å². The molecule has 3 aromatic carbocycles. The zero-order valence-corrected chi connectivity index (χ0v) is 18.0. The average Bonchev–Trinajstić information content (AvgIpc) is 2.74. The van der Waals surface area contributed by atoms with Crippen molar-refractivity contribution in [3.8, 4) is 0 Å². The van der Waals surface area contributed by atoms with Gasteiger partial charge in [-0.2, -0.15) is 17.5 Å². The molecule has 0 bridgehead atoms. The Balaban J connectivity index is 2.20. The van der Waals surface area contributed by atoms with Gasteiger partial charge < -0.3 is 5.73 Å². The van der Waals surface area contributed by atoms with Crippen LogP contribution in [0.4, 0.5) is 13.2 Å². The lowest BCUT2D eigenvalue weighted by Crippen LogP contribution is -2.41. The van der Waals surface area contributed by atoms with Crippen LogP contribution in [0.5, 0.6) is 0 Å². The van der Waals surface area contributed by atoms with Crippen LogP contribution in [0, 0.1) is 0 Å². The van der Waals surface area contributed by atoms with Gasteiger partial charge in [0.15, 0.2) is 0 Å². The highest BCUT2D eigenvalue weighted by Gasteiger charge is 2.39. The first kappa shape index (κ1) is 23.8. The zero-order chi connectivity index (χ0) is 23.5. The lowest BCUT2D eigenvalue weighted by molar-refractivity contribution is -0.138. The molecule has 0 aromatic heterocycles. The Kier molecular flexibility index (Phi) is 6.92. The normalized spacial score (nSPS) is 13.2. The molecule has 0 aliphatic rings. The van der Waals surface area contributed by atoms with Crippen LogP contribution in [0.25, 0.3) is 0 Å². The van der Waals surface area contributed by atoms with Crippen molar-refractivity contribution < 1.29 is 26.4 Å². The number of rotatable bonds is 7. The van der Waals surface area contributed by atoms with Gasteiger partial charge in [-0.3, -0.25) is 4.79 Å². The van der Waals surface area contributed by atoms with Crippen LogP contribution >= 0.6 is 11.6 Å². The first-order chi connectivity index (χ1) is 15.0. The van der Waals surface area contributed by atoms with Crippen molar-refractivity contribution >= 4 is 27.5 Å². The lowest BCUT2D eigenvalue weighted by atomic mass is 10.0. The van der Waals surface area contributed by atoms with Crippen LogP contribution in [0.3, 0.4) is 0 Å². The van der Waals surface area contributed by atoms with Gasteiger partial charge in [-0.15, -0.1) is 0 Å². The fraction of sp³-hybridized carbons (Fsp3) is 0.136. The van der Waals surface area contributed by atoms with Gasteiger partial charge in [0.05, 0.1) is 10.5 Å². The van der Waals surface area contributed by atoms with Gasteiger partial charge in [-0.05, 0) is 41.5 Å². The Hall–Kier alpha value is -2.88. The molecule has 0 saturated carbocycles. The van der Waals surface area contributed by atoms with E-state index in [0.717, 1.165) is 12.1 Å². The molecule has 32 heavy (non-hydrogen) atoms. The van der Waals surface area contributed by atoms with Crippen molar-refractivity contribution in [1.29, 1.82) is 0 Å². The molecule has 168 valence electrons. The summed E-state index contributed by atoms with van der Waals surface area (Å²) in [6.07, 6.45) is -4.72. The van der Waals surface area contributed by atoms with Gasteiger partial charge in [0, 0.05) is 11.6 Å². The Morgan fingerprint density at radius 1 is 0.938 bits per heavy atom. The standard InChI is InChI=1S/C22H18ClF3N2O3S/c23-17-10-12-18(13-11-17)32(30,31)28(20(21(27)29)15-6-2-1-3-7-15)14-16-8-4-5-9-19(16)22(24,25)26/h1-13,20H,14H2,(H2,27,29). The number of carbonyl (C=O) groups is 1.